The van der Waals surface area contributed by atoms with Crippen LogP contribution in [0.5, 0.6) is 17.2 Å². The molecule has 3 rings (SSSR count). The summed E-state index contributed by atoms with van der Waals surface area (Å²) in [6, 6.07) is 12.2. The lowest BCUT2D eigenvalue weighted by atomic mass is 9.95. The summed E-state index contributed by atoms with van der Waals surface area (Å²) in [6.45, 7) is 3.26. The summed E-state index contributed by atoms with van der Waals surface area (Å²) < 4.78 is 16.4. The molecule has 0 aliphatic rings. The molecule has 0 N–H and O–H groups in total. The Morgan fingerprint density at radius 2 is 1.57 bits per heavy atom. The molecule has 0 spiro atoms. The van der Waals surface area contributed by atoms with E-state index >= 15 is 0 Å². The first-order valence-corrected chi connectivity index (χ1v) is 9.38. The number of hydrogen-bond donors (Lipinski definition) is 0. The van der Waals surface area contributed by atoms with Crippen molar-refractivity contribution in [1.29, 1.82) is 0 Å². The quantitative estimate of drug-likeness (QED) is 0.298. The van der Waals surface area contributed by atoms with Gasteiger partial charge in [-0.2, -0.15) is 0 Å². The number of nitrogens with zero attached hydrogens (tertiary/aromatic N) is 2. The van der Waals surface area contributed by atoms with Gasteiger partial charge in [-0.1, -0.05) is 19.1 Å². The van der Waals surface area contributed by atoms with Crippen LogP contribution in [0.1, 0.15) is 18.9 Å². The minimum Gasteiger partial charge on any atom is -0.497 e. The number of hydrogen-bond acceptors (Lipinski definition) is 5. The van der Waals surface area contributed by atoms with Gasteiger partial charge in [-0.3, -0.25) is 5.01 Å². The summed E-state index contributed by atoms with van der Waals surface area (Å²) in [5, 5.41) is 9.04. The highest BCUT2D eigenvalue weighted by atomic mass is 16.5. The molecule has 3 aromatic rings. The van der Waals surface area contributed by atoms with E-state index in [1.807, 2.05) is 31.2 Å². The smallest absolute Gasteiger partial charge is 0.161 e. The highest BCUT2D eigenvalue weighted by molar-refractivity contribution is 6.10. The Morgan fingerprint density at radius 3 is 2.18 bits per heavy atom. The van der Waals surface area contributed by atoms with E-state index in [2.05, 4.69) is 17.4 Å². The van der Waals surface area contributed by atoms with Crippen LogP contribution in [0.15, 0.2) is 41.7 Å². The zero-order valence-corrected chi connectivity index (χ0v) is 16.8. The van der Waals surface area contributed by atoms with Crippen molar-refractivity contribution in [2.45, 2.75) is 19.8 Å². The summed E-state index contributed by atoms with van der Waals surface area (Å²) in [4.78, 5) is 11.1. The Hall–Kier alpha value is -3.02. The van der Waals surface area contributed by atoms with Gasteiger partial charge in [-0.15, -0.1) is 4.91 Å². The first kappa shape index (κ1) is 19.7. The zero-order valence-electron chi connectivity index (χ0n) is 16.8. The molecule has 0 heterocycles. The van der Waals surface area contributed by atoms with Gasteiger partial charge in [0.25, 0.3) is 0 Å². The average Bonchev–Trinajstić information content (AvgIpc) is 2.74. The fourth-order valence-corrected chi connectivity index (χ4v) is 3.56. The normalized spacial score (nSPS) is 10.9. The molecule has 0 bridgehead atoms. The van der Waals surface area contributed by atoms with Gasteiger partial charge in [0.1, 0.15) is 5.75 Å². The Kier molecular flexibility index (Phi) is 6.19. The van der Waals surface area contributed by atoms with Gasteiger partial charge in [0.05, 0.1) is 26.6 Å². The van der Waals surface area contributed by atoms with Crippen molar-refractivity contribution >= 4 is 21.5 Å². The van der Waals surface area contributed by atoms with Crippen LogP contribution in [0.4, 0.5) is 0 Å². The van der Waals surface area contributed by atoms with Crippen molar-refractivity contribution in [2.75, 3.05) is 34.4 Å². The first-order chi connectivity index (χ1) is 13.6. The van der Waals surface area contributed by atoms with Crippen LogP contribution < -0.4 is 14.2 Å². The van der Waals surface area contributed by atoms with Crippen molar-refractivity contribution in [3.05, 3.63) is 46.9 Å². The van der Waals surface area contributed by atoms with E-state index in [1.165, 1.54) is 0 Å². The summed E-state index contributed by atoms with van der Waals surface area (Å²) in [6.07, 6.45) is 1.59. The largest absolute Gasteiger partial charge is 0.497 e. The summed E-state index contributed by atoms with van der Waals surface area (Å²) in [5.41, 5.74) is 1.14. The number of rotatable bonds is 9. The first-order valence-electron chi connectivity index (χ1n) is 9.38. The van der Waals surface area contributed by atoms with Gasteiger partial charge in [-0.25, -0.2) is 0 Å². The van der Waals surface area contributed by atoms with Gasteiger partial charge in [0, 0.05) is 13.1 Å². The number of ether oxygens (including phenoxy) is 3. The molecule has 0 aliphatic heterocycles. The summed E-state index contributed by atoms with van der Waals surface area (Å²) in [5.74, 6) is 2.16. The molecule has 3 aromatic carbocycles. The molecule has 28 heavy (non-hydrogen) atoms. The molecule has 6 heteroatoms. The molecule has 0 amide bonds. The van der Waals surface area contributed by atoms with Gasteiger partial charge < -0.3 is 14.2 Å². The lowest BCUT2D eigenvalue weighted by molar-refractivity contribution is 0.288. The van der Waals surface area contributed by atoms with E-state index < -0.39 is 0 Å². The second-order valence-corrected chi connectivity index (χ2v) is 6.66. The van der Waals surface area contributed by atoms with Crippen LogP contribution in [-0.2, 0) is 6.42 Å². The average molecular weight is 382 g/mol. The molecule has 0 radical (unpaired) electrons. The highest BCUT2D eigenvalue weighted by Gasteiger charge is 2.14. The minimum atomic E-state index is 0.572. The third-order valence-electron chi connectivity index (χ3n) is 4.99. The maximum atomic E-state index is 11.1. The van der Waals surface area contributed by atoms with Crippen molar-refractivity contribution in [1.82, 2.24) is 5.01 Å². The third-order valence-corrected chi connectivity index (χ3v) is 4.99. The molecule has 6 nitrogen and oxygen atoms in total. The molecule has 0 aromatic heterocycles. The van der Waals surface area contributed by atoms with Crippen molar-refractivity contribution in [2.24, 2.45) is 5.29 Å². The Morgan fingerprint density at radius 1 is 0.857 bits per heavy atom. The monoisotopic (exact) mass is 382 g/mol. The molecule has 0 unspecified atom stereocenters. The standard InChI is InChI=1S/C22H26N2O4/c1-5-9-24(23-25)10-8-16-11-15-6-7-17(26-2)12-18(15)20-14-22(28-4)21(27-3)13-19(16)20/h6-7,11-14H,5,8-10H2,1-4H3. The third kappa shape index (κ3) is 3.81. The molecule has 0 saturated carbocycles. The molecular formula is C22H26N2O4. The SMILES string of the molecule is CCCN(CCc1cc2ccc(OC)cc2c2cc(OC)c(OC)cc12)N=O. The predicted molar refractivity (Wildman–Crippen MR) is 112 cm³/mol. The van der Waals surface area contributed by atoms with E-state index in [0.717, 1.165) is 39.3 Å². The topological polar surface area (TPSA) is 60.4 Å². The molecule has 0 atom stereocenters. The summed E-state index contributed by atoms with van der Waals surface area (Å²) >= 11 is 0. The Balaban J connectivity index is 2.19. The second-order valence-electron chi connectivity index (χ2n) is 6.66. The molecule has 0 aliphatic carbocycles. The van der Waals surface area contributed by atoms with Crippen LogP contribution in [0.3, 0.4) is 0 Å². The van der Waals surface area contributed by atoms with Crippen molar-refractivity contribution in [3.63, 3.8) is 0 Å². The van der Waals surface area contributed by atoms with E-state index in [9.17, 15) is 4.91 Å². The number of methoxy groups -OCH3 is 3. The Labute approximate surface area is 164 Å². The van der Waals surface area contributed by atoms with Crippen LogP contribution in [-0.4, -0.2) is 39.4 Å². The van der Waals surface area contributed by atoms with Crippen molar-refractivity contribution in [3.8, 4) is 17.2 Å². The van der Waals surface area contributed by atoms with Crippen LogP contribution >= 0.6 is 0 Å². The van der Waals surface area contributed by atoms with Gasteiger partial charge in [-0.05, 0) is 64.2 Å². The van der Waals surface area contributed by atoms with Gasteiger partial charge in [0.2, 0.25) is 0 Å². The summed E-state index contributed by atoms with van der Waals surface area (Å²) in [7, 11) is 4.93. The lowest BCUT2D eigenvalue weighted by Crippen LogP contribution is -2.20. The maximum absolute atomic E-state index is 11.1. The minimum absolute atomic E-state index is 0.572. The fourth-order valence-electron chi connectivity index (χ4n) is 3.56. The zero-order chi connectivity index (χ0) is 20.1. The maximum Gasteiger partial charge on any atom is 0.161 e. The van der Waals surface area contributed by atoms with Crippen molar-refractivity contribution < 1.29 is 14.2 Å². The fraction of sp³-hybridized carbons (Fsp3) is 0.364. The van der Waals surface area contributed by atoms with Crippen LogP contribution in [0.2, 0.25) is 0 Å². The van der Waals surface area contributed by atoms with E-state index in [-0.39, 0.29) is 0 Å². The molecule has 0 fully saturated rings. The van der Waals surface area contributed by atoms with E-state index in [1.54, 1.807) is 26.3 Å². The van der Waals surface area contributed by atoms with Gasteiger partial charge >= 0.3 is 0 Å². The van der Waals surface area contributed by atoms with Gasteiger partial charge in [0.15, 0.2) is 11.5 Å². The molecular weight excluding hydrogens is 356 g/mol. The van der Waals surface area contributed by atoms with E-state index in [4.69, 9.17) is 14.2 Å². The molecule has 0 saturated heterocycles. The lowest BCUT2D eigenvalue weighted by Gasteiger charge is -2.17. The second kappa shape index (κ2) is 8.78. The molecule has 148 valence electrons. The Bertz CT molecular complexity index is 987. The number of benzene rings is 3. The van der Waals surface area contributed by atoms with E-state index in [0.29, 0.717) is 31.0 Å². The van der Waals surface area contributed by atoms with Crippen LogP contribution in [0.25, 0.3) is 21.5 Å². The highest BCUT2D eigenvalue weighted by Crippen LogP contribution is 2.38. The predicted octanol–water partition coefficient (Wildman–Crippen LogP) is 4.95. The number of fused-ring (bicyclic) bond motifs is 3. The number of nitroso groups, excluding NO2 is 1. The van der Waals surface area contributed by atoms with Crippen LogP contribution in [0, 0.1) is 4.91 Å².